The Morgan fingerprint density at radius 2 is 0.917 bits per heavy atom. The zero-order valence-corrected chi connectivity index (χ0v) is 20.8. The number of carboxylic acids is 4. The topological polar surface area (TPSA) is 202 Å². The molecular weight excluding hydrogens is 480 g/mol. The summed E-state index contributed by atoms with van der Waals surface area (Å²) in [7, 11) is 0. The van der Waals surface area contributed by atoms with Gasteiger partial charge in [-0.1, -0.05) is 39.5 Å². The quantitative estimate of drug-likeness (QED) is 0.259. The molecule has 0 radical (unpaired) electrons. The van der Waals surface area contributed by atoms with Gasteiger partial charge < -0.3 is 29.9 Å². The molecular formula is C24H34O12. The van der Waals surface area contributed by atoms with E-state index in [9.17, 15) is 28.8 Å². The predicted octanol–water partition coefficient (Wildman–Crippen LogP) is 3.03. The molecule has 0 fully saturated rings. The van der Waals surface area contributed by atoms with Gasteiger partial charge in [-0.15, -0.1) is 0 Å². The summed E-state index contributed by atoms with van der Waals surface area (Å²) in [5, 5.41) is 31.3. The van der Waals surface area contributed by atoms with Crippen molar-refractivity contribution in [1.82, 2.24) is 0 Å². The summed E-state index contributed by atoms with van der Waals surface area (Å²) < 4.78 is 9.36. The lowest BCUT2D eigenvalue weighted by atomic mass is 10.4. The van der Waals surface area contributed by atoms with Gasteiger partial charge in [0, 0.05) is 34.9 Å². The molecule has 0 aromatic rings. The monoisotopic (exact) mass is 514 g/mol. The second kappa shape index (κ2) is 26.5. The van der Waals surface area contributed by atoms with E-state index in [2.05, 4.69) is 44.2 Å². The second-order valence-electron chi connectivity index (χ2n) is 6.08. The van der Waals surface area contributed by atoms with E-state index >= 15 is 0 Å². The summed E-state index contributed by atoms with van der Waals surface area (Å²) in [6, 6.07) is 0. The standard InChI is InChI=1S/C9H12O4.3C4H6O2.C3H4O2/c1-4-8(10)12-6-7(3)13-9(11)5-2;3*1-3(2)4(5)6;1-2-3(4)5/h4-5,7H,1-2,6H2,3H3;3*1H2,2H3,(H,5,6);2H,1H2,(H,4,5). The number of carboxylic acid groups (broad SMARTS) is 4. The zero-order chi connectivity index (χ0) is 30.0. The van der Waals surface area contributed by atoms with Crippen LogP contribution in [-0.2, 0) is 38.2 Å². The third-order valence-corrected chi connectivity index (χ3v) is 2.38. The van der Waals surface area contributed by atoms with Gasteiger partial charge in [-0.3, -0.25) is 0 Å². The minimum atomic E-state index is -0.981. The van der Waals surface area contributed by atoms with Crippen molar-refractivity contribution in [3.05, 3.63) is 74.4 Å². The van der Waals surface area contributed by atoms with Gasteiger partial charge in [-0.05, 0) is 27.7 Å². The van der Waals surface area contributed by atoms with Crippen LogP contribution in [-0.4, -0.2) is 69.0 Å². The number of aliphatic carboxylic acids is 4. The maximum absolute atomic E-state index is 10.6. The van der Waals surface area contributed by atoms with Crippen molar-refractivity contribution in [2.45, 2.75) is 33.8 Å². The van der Waals surface area contributed by atoms with E-state index in [-0.39, 0.29) is 23.3 Å². The Balaban J connectivity index is -0.000000119. The molecule has 0 amide bonds. The van der Waals surface area contributed by atoms with E-state index in [4.69, 9.17) is 25.2 Å². The highest BCUT2D eigenvalue weighted by Gasteiger charge is 2.08. The Hall–Kier alpha value is -4.74. The lowest BCUT2D eigenvalue weighted by Crippen LogP contribution is -2.20. The fourth-order valence-electron chi connectivity index (χ4n) is 0.539. The van der Waals surface area contributed by atoms with Crippen molar-refractivity contribution in [3.8, 4) is 0 Å². The van der Waals surface area contributed by atoms with Crippen molar-refractivity contribution < 1.29 is 58.7 Å². The van der Waals surface area contributed by atoms with Crippen LogP contribution in [0, 0.1) is 0 Å². The molecule has 0 aromatic heterocycles. The molecule has 0 aliphatic heterocycles. The number of esters is 2. The molecule has 0 rings (SSSR count). The number of hydrogen-bond donors (Lipinski definition) is 4. The molecule has 0 saturated carbocycles. The van der Waals surface area contributed by atoms with E-state index in [1.165, 1.54) is 20.8 Å². The minimum Gasteiger partial charge on any atom is -0.478 e. The van der Waals surface area contributed by atoms with Gasteiger partial charge >= 0.3 is 35.8 Å². The van der Waals surface area contributed by atoms with Gasteiger partial charge in [0.05, 0.1) is 0 Å². The van der Waals surface area contributed by atoms with Crippen molar-refractivity contribution in [1.29, 1.82) is 0 Å². The van der Waals surface area contributed by atoms with Crippen molar-refractivity contribution in [3.63, 3.8) is 0 Å². The van der Waals surface area contributed by atoms with Crippen LogP contribution in [0.4, 0.5) is 0 Å². The third-order valence-electron chi connectivity index (χ3n) is 2.38. The molecule has 202 valence electrons. The molecule has 0 aliphatic rings. The molecule has 0 spiro atoms. The molecule has 0 heterocycles. The predicted molar refractivity (Wildman–Crippen MR) is 132 cm³/mol. The van der Waals surface area contributed by atoms with E-state index in [1.54, 1.807) is 6.92 Å². The van der Waals surface area contributed by atoms with Crippen LogP contribution in [0.1, 0.15) is 27.7 Å². The number of carbonyl (C=O) groups is 6. The minimum absolute atomic E-state index is 0.0183. The Morgan fingerprint density at radius 1 is 0.667 bits per heavy atom. The second-order valence-corrected chi connectivity index (χ2v) is 6.08. The zero-order valence-electron chi connectivity index (χ0n) is 20.8. The van der Waals surface area contributed by atoms with Crippen LogP contribution < -0.4 is 0 Å². The average Bonchev–Trinajstić information content (AvgIpc) is 2.78. The lowest BCUT2D eigenvalue weighted by Gasteiger charge is -2.10. The first-order valence-corrected chi connectivity index (χ1v) is 9.44. The van der Waals surface area contributed by atoms with Crippen molar-refractivity contribution in [2.24, 2.45) is 0 Å². The van der Waals surface area contributed by atoms with E-state index in [1.807, 2.05) is 0 Å². The van der Waals surface area contributed by atoms with Crippen molar-refractivity contribution >= 4 is 35.8 Å². The summed E-state index contributed by atoms with van der Waals surface area (Å²) >= 11 is 0. The fourth-order valence-corrected chi connectivity index (χ4v) is 0.539. The van der Waals surface area contributed by atoms with Gasteiger partial charge in [0.2, 0.25) is 0 Å². The molecule has 0 saturated heterocycles. The lowest BCUT2D eigenvalue weighted by molar-refractivity contribution is -0.151. The Morgan fingerprint density at radius 3 is 1.08 bits per heavy atom. The largest absolute Gasteiger partial charge is 0.478 e. The Kier molecular flexibility index (Phi) is 30.6. The smallest absolute Gasteiger partial charge is 0.330 e. The summed E-state index contributed by atoms with van der Waals surface area (Å²) in [6.45, 7) is 24.8. The van der Waals surface area contributed by atoms with Crippen molar-refractivity contribution in [2.75, 3.05) is 6.61 Å². The first-order chi connectivity index (χ1) is 16.3. The van der Waals surface area contributed by atoms with Gasteiger partial charge in [0.15, 0.2) is 0 Å². The molecule has 12 nitrogen and oxygen atoms in total. The first-order valence-electron chi connectivity index (χ1n) is 9.44. The average molecular weight is 515 g/mol. The van der Waals surface area contributed by atoms with Crippen LogP contribution in [0.15, 0.2) is 74.4 Å². The van der Waals surface area contributed by atoms with Crippen LogP contribution in [0.5, 0.6) is 0 Å². The Labute approximate surface area is 209 Å². The molecule has 0 aliphatic carbocycles. The summed E-state index contributed by atoms with van der Waals surface area (Å²) in [5.41, 5.74) is 0.528. The van der Waals surface area contributed by atoms with Crippen LogP contribution in [0.3, 0.4) is 0 Å². The van der Waals surface area contributed by atoms with Crippen LogP contribution in [0.2, 0.25) is 0 Å². The number of rotatable bonds is 9. The van der Waals surface area contributed by atoms with Gasteiger partial charge in [-0.25, -0.2) is 28.8 Å². The molecule has 1 unspecified atom stereocenters. The van der Waals surface area contributed by atoms with Gasteiger partial charge in [0.1, 0.15) is 12.7 Å². The molecule has 12 heteroatoms. The maximum Gasteiger partial charge on any atom is 0.330 e. The Bertz CT molecular complexity index is 741. The van der Waals surface area contributed by atoms with E-state index < -0.39 is 41.9 Å². The summed E-state index contributed by atoms with van der Waals surface area (Å²) in [6.07, 6.45) is 2.45. The van der Waals surface area contributed by atoms with Crippen LogP contribution >= 0.6 is 0 Å². The van der Waals surface area contributed by atoms with E-state index in [0.29, 0.717) is 0 Å². The summed E-state index contributed by atoms with van der Waals surface area (Å²) in [5.74, 6) is -4.87. The van der Waals surface area contributed by atoms with Crippen LogP contribution in [0.25, 0.3) is 0 Å². The molecule has 4 N–H and O–H groups in total. The molecule has 36 heavy (non-hydrogen) atoms. The summed E-state index contributed by atoms with van der Waals surface area (Å²) in [4.78, 5) is 59.3. The van der Waals surface area contributed by atoms with Gasteiger partial charge in [-0.2, -0.15) is 0 Å². The number of ether oxygens (including phenoxy) is 2. The maximum atomic E-state index is 10.6. The number of hydrogen-bond acceptors (Lipinski definition) is 8. The van der Waals surface area contributed by atoms with Gasteiger partial charge in [0.25, 0.3) is 0 Å². The highest BCUT2D eigenvalue weighted by Crippen LogP contribution is 1.94. The normalized spacial score (nSPS) is 8.67. The van der Waals surface area contributed by atoms with E-state index in [0.717, 1.165) is 18.2 Å². The number of carbonyl (C=O) groups excluding carboxylic acids is 2. The highest BCUT2D eigenvalue weighted by molar-refractivity contribution is 5.85. The molecule has 1 atom stereocenters. The highest BCUT2D eigenvalue weighted by atomic mass is 16.6. The SMILES string of the molecule is C=C(C)C(=O)O.C=C(C)C(=O)O.C=C(C)C(=O)O.C=CC(=O)O.C=CC(=O)OCC(C)OC(=O)C=C. The molecule has 0 bridgehead atoms. The third kappa shape index (κ3) is 47.2. The fraction of sp³-hybridized carbons (Fsp3) is 0.250. The molecule has 0 aromatic carbocycles. The first kappa shape index (κ1) is 41.5.